The Balaban J connectivity index is 1.81. The average molecular weight is 291 g/mol. The molecule has 9 nitrogen and oxygen atoms in total. The van der Waals surface area contributed by atoms with E-state index in [1.807, 2.05) is 0 Å². The highest BCUT2D eigenvalue weighted by atomic mass is 16.2. The van der Waals surface area contributed by atoms with Crippen molar-refractivity contribution in [1.82, 2.24) is 25.3 Å². The van der Waals surface area contributed by atoms with E-state index in [4.69, 9.17) is 0 Å². The number of imide groups is 1. The summed E-state index contributed by atoms with van der Waals surface area (Å²) in [4.78, 5) is 48.1. The minimum absolute atomic E-state index is 0.0912. The SMILES string of the molecule is Cn1nc(C(=O)N2CCC3(C2)NC(=O)NC3=O)ccc1=O. The molecule has 0 saturated carbocycles. The fourth-order valence-corrected chi connectivity index (χ4v) is 2.58. The van der Waals surface area contributed by atoms with Crippen molar-refractivity contribution >= 4 is 17.8 Å². The first-order chi connectivity index (χ1) is 9.91. The second-order valence-electron chi connectivity index (χ2n) is 5.15. The summed E-state index contributed by atoms with van der Waals surface area (Å²) in [6.07, 6.45) is 0.349. The Bertz CT molecular complexity index is 712. The fourth-order valence-electron chi connectivity index (χ4n) is 2.58. The molecule has 1 aromatic rings. The van der Waals surface area contributed by atoms with E-state index in [9.17, 15) is 19.2 Å². The number of nitrogens with zero attached hydrogens (tertiary/aromatic N) is 3. The molecule has 21 heavy (non-hydrogen) atoms. The summed E-state index contributed by atoms with van der Waals surface area (Å²) in [6, 6.07) is 2.06. The van der Waals surface area contributed by atoms with Crippen LogP contribution in [0.5, 0.6) is 0 Å². The summed E-state index contributed by atoms with van der Waals surface area (Å²) >= 11 is 0. The number of amides is 4. The highest BCUT2D eigenvalue weighted by Crippen LogP contribution is 2.25. The molecule has 0 aliphatic carbocycles. The minimum atomic E-state index is -1.05. The van der Waals surface area contributed by atoms with Crippen molar-refractivity contribution in [1.29, 1.82) is 0 Å². The van der Waals surface area contributed by atoms with Crippen molar-refractivity contribution in [3.63, 3.8) is 0 Å². The zero-order chi connectivity index (χ0) is 15.2. The van der Waals surface area contributed by atoms with Gasteiger partial charge in [-0.05, 0) is 12.5 Å². The fraction of sp³-hybridized carbons (Fsp3) is 0.417. The molecule has 2 fully saturated rings. The van der Waals surface area contributed by atoms with Crippen LogP contribution in [-0.2, 0) is 11.8 Å². The van der Waals surface area contributed by atoms with Gasteiger partial charge < -0.3 is 10.2 Å². The number of nitrogens with one attached hydrogen (secondary N) is 2. The van der Waals surface area contributed by atoms with Crippen LogP contribution < -0.4 is 16.2 Å². The summed E-state index contributed by atoms with van der Waals surface area (Å²) in [7, 11) is 1.45. The van der Waals surface area contributed by atoms with Gasteiger partial charge in [-0.2, -0.15) is 5.10 Å². The summed E-state index contributed by atoms with van der Waals surface area (Å²) in [5.41, 5.74) is -1.24. The molecule has 1 unspecified atom stereocenters. The van der Waals surface area contributed by atoms with Crippen LogP contribution >= 0.6 is 0 Å². The van der Waals surface area contributed by atoms with Crippen LogP contribution in [0.4, 0.5) is 4.79 Å². The highest BCUT2D eigenvalue weighted by molar-refractivity contribution is 6.08. The molecule has 110 valence electrons. The van der Waals surface area contributed by atoms with Gasteiger partial charge in [0, 0.05) is 19.7 Å². The highest BCUT2D eigenvalue weighted by Gasteiger charge is 2.51. The van der Waals surface area contributed by atoms with E-state index < -0.39 is 17.5 Å². The Hall–Kier alpha value is -2.71. The van der Waals surface area contributed by atoms with Crippen molar-refractivity contribution in [2.45, 2.75) is 12.0 Å². The molecule has 2 saturated heterocycles. The monoisotopic (exact) mass is 291 g/mol. The van der Waals surface area contributed by atoms with E-state index in [1.165, 1.54) is 24.1 Å². The Morgan fingerprint density at radius 3 is 2.71 bits per heavy atom. The predicted molar refractivity (Wildman–Crippen MR) is 69.4 cm³/mol. The number of carbonyl (C=O) groups excluding carboxylic acids is 3. The quantitative estimate of drug-likeness (QED) is 0.593. The van der Waals surface area contributed by atoms with Crippen LogP contribution in [0.2, 0.25) is 0 Å². The molecule has 1 atom stereocenters. The number of aromatic nitrogens is 2. The number of aryl methyl sites for hydroxylation is 1. The van der Waals surface area contributed by atoms with Crippen molar-refractivity contribution in [3.05, 3.63) is 28.2 Å². The summed E-state index contributed by atoms with van der Waals surface area (Å²) in [5.74, 6) is -0.798. The van der Waals surface area contributed by atoms with Crippen LogP contribution in [0, 0.1) is 0 Å². The number of rotatable bonds is 1. The Morgan fingerprint density at radius 1 is 1.33 bits per heavy atom. The van der Waals surface area contributed by atoms with Crippen molar-refractivity contribution in [2.75, 3.05) is 13.1 Å². The van der Waals surface area contributed by atoms with Crippen molar-refractivity contribution in [2.24, 2.45) is 7.05 Å². The van der Waals surface area contributed by atoms with Crippen LogP contribution in [0.3, 0.4) is 0 Å². The lowest BCUT2D eigenvalue weighted by Crippen LogP contribution is -2.49. The van der Waals surface area contributed by atoms with Crippen LogP contribution in [-0.4, -0.2) is 51.2 Å². The van der Waals surface area contributed by atoms with Gasteiger partial charge in [-0.25, -0.2) is 9.48 Å². The van der Waals surface area contributed by atoms with E-state index in [0.29, 0.717) is 13.0 Å². The lowest BCUT2D eigenvalue weighted by molar-refractivity contribution is -0.123. The number of carbonyl (C=O) groups is 3. The molecular formula is C12H13N5O4. The first-order valence-electron chi connectivity index (χ1n) is 6.38. The maximum Gasteiger partial charge on any atom is 0.322 e. The van der Waals surface area contributed by atoms with E-state index in [0.717, 1.165) is 4.68 Å². The molecule has 0 bridgehead atoms. The maximum absolute atomic E-state index is 12.3. The van der Waals surface area contributed by atoms with Crippen LogP contribution in [0.15, 0.2) is 16.9 Å². The van der Waals surface area contributed by atoms with Gasteiger partial charge >= 0.3 is 6.03 Å². The van der Waals surface area contributed by atoms with E-state index in [1.54, 1.807) is 0 Å². The summed E-state index contributed by atoms with van der Waals surface area (Å²) in [6.45, 7) is 0.422. The van der Waals surface area contributed by atoms with E-state index in [2.05, 4.69) is 15.7 Å². The zero-order valence-corrected chi connectivity index (χ0v) is 11.3. The minimum Gasteiger partial charge on any atom is -0.334 e. The molecule has 0 aromatic carbocycles. The molecule has 1 aromatic heterocycles. The van der Waals surface area contributed by atoms with Gasteiger partial charge in [-0.3, -0.25) is 19.7 Å². The van der Waals surface area contributed by atoms with Gasteiger partial charge in [0.25, 0.3) is 17.4 Å². The second kappa shape index (κ2) is 4.40. The molecule has 3 rings (SSSR count). The van der Waals surface area contributed by atoms with E-state index >= 15 is 0 Å². The predicted octanol–water partition coefficient (Wildman–Crippen LogP) is -1.80. The third-order valence-electron chi connectivity index (χ3n) is 3.75. The largest absolute Gasteiger partial charge is 0.334 e. The zero-order valence-electron chi connectivity index (χ0n) is 11.3. The van der Waals surface area contributed by atoms with Crippen molar-refractivity contribution in [3.8, 4) is 0 Å². The smallest absolute Gasteiger partial charge is 0.322 e. The number of likely N-dealkylation sites (tertiary alicyclic amines) is 1. The average Bonchev–Trinajstić information content (AvgIpc) is 2.97. The number of urea groups is 1. The molecule has 4 amide bonds. The van der Waals surface area contributed by atoms with Gasteiger partial charge in [0.2, 0.25) is 0 Å². The molecule has 3 heterocycles. The first-order valence-corrected chi connectivity index (χ1v) is 6.38. The molecule has 2 aliphatic rings. The molecule has 2 aliphatic heterocycles. The topological polar surface area (TPSA) is 113 Å². The number of hydrogen-bond acceptors (Lipinski definition) is 5. The second-order valence-corrected chi connectivity index (χ2v) is 5.15. The molecular weight excluding hydrogens is 278 g/mol. The van der Waals surface area contributed by atoms with E-state index in [-0.39, 0.29) is 23.7 Å². The normalized spacial score (nSPS) is 24.3. The number of hydrogen-bond donors (Lipinski definition) is 2. The molecule has 1 spiro atoms. The van der Waals surface area contributed by atoms with Gasteiger partial charge in [0.15, 0.2) is 0 Å². The third-order valence-corrected chi connectivity index (χ3v) is 3.75. The lowest BCUT2D eigenvalue weighted by Gasteiger charge is -2.20. The molecule has 9 heteroatoms. The van der Waals surface area contributed by atoms with Crippen LogP contribution in [0.1, 0.15) is 16.9 Å². The molecule has 2 N–H and O–H groups in total. The Labute approximate surface area is 118 Å². The van der Waals surface area contributed by atoms with Crippen molar-refractivity contribution < 1.29 is 14.4 Å². The third kappa shape index (κ3) is 2.06. The van der Waals surface area contributed by atoms with Gasteiger partial charge in [0.1, 0.15) is 11.2 Å². The summed E-state index contributed by atoms with van der Waals surface area (Å²) in [5, 5.41) is 8.64. The first kappa shape index (κ1) is 13.3. The lowest BCUT2D eigenvalue weighted by atomic mass is 10.00. The summed E-state index contributed by atoms with van der Waals surface area (Å²) < 4.78 is 1.07. The maximum atomic E-state index is 12.3. The Morgan fingerprint density at radius 2 is 2.10 bits per heavy atom. The van der Waals surface area contributed by atoms with Crippen LogP contribution in [0.25, 0.3) is 0 Å². The van der Waals surface area contributed by atoms with Gasteiger partial charge in [0.05, 0.1) is 6.54 Å². The van der Waals surface area contributed by atoms with Gasteiger partial charge in [-0.1, -0.05) is 0 Å². The standard InChI is InChI=1S/C12H13N5O4/c1-16-8(18)3-2-7(15-16)9(19)17-5-4-12(6-17)10(20)13-11(21)14-12/h2-3H,4-6H2,1H3,(H2,13,14,20,21). The molecule has 0 radical (unpaired) electrons. The Kier molecular flexibility index (Phi) is 2.78. The van der Waals surface area contributed by atoms with Gasteiger partial charge in [-0.15, -0.1) is 0 Å².